The summed E-state index contributed by atoms with van der Waals surface area (Å²) in [6.07, 6.45) is 0.603. The summed E-state index contributed by atoms with van der Waals surface area (Å²) in [5, 5.41) is 13.8. The number of aromatic hydroxyl groups is 1. The van der Waals surface area contributed by atoms with E-state index >= 15 is 0 Å². The van der Waals surface area contributed by atoms with Gasteiger partial charge < -0.3 is 15.2 Å². The lowest BCUT2D eigenvalue weighted by Crippen LogP contribution is -2.65. The van der Waals surface area contributed by atoms with Crippen LogP contribution in [0, 0.1) is 13.8 Å². The van der Waals surface area contributed by atoms with E-state index in [2.05, 4.69) is 26.1 Å². The van der Waals surface area contributed by atoms with Crippen molar-refractivity contribution in [1.29, 1.82) is 0 Å². The zero-order valence-electron chi connectivity index (χ0n) is 17.4. The first-order valence-electron chi connectivity index (χ1n) is 9.74. The molecule has 2 heterocycles. The van der Waals surface area contributed by atoms with Crippen LogP contribution in [-0.2, 0) is 5.41 Å². The molecule has 28 heavy (non-hydrogen) atoms. The molecule has 1 saturated heterocycles. The van der Waals surface area contributed by atoms with Crippen molar-refractivity contribution in [1.82, 2.24) is 5.32 Å². The number of anilines is 1. The summed E-state index contributed by atoms with van der Waals surface area (Å²) in [6, 6.07) is 9.38. The van der Waals surface area contributed by atoms with Gasteiger partial charge in [0.15, 0.2) is 17.2 Å². The fourth-order valence-electron chi connectivity index (χ4n) is 4.14. The second kappa shape index (κ2) is 5.90. The van der Waals surface area contributed by atoms with Crippen LogP contribution in [0.25, 0.3) is 0 Å². The molecule has 2 aromatic carbocycles. The number of carbonyl (C=O) groups excluding carboxylic acids is 1. The smallest absolute Gasteiger partial charge is 0.325 e. The zero-order valence-corrected chi connectivity index (χ0v) is 17.4. The largest absolute Gasteiger partial charge is 0.504 e. The molecule has 2 N–H and O–H groups in total. The minimum absolute atomic E-state index is 0.114. The molecule has 2 amide bonds. The van der Waals surface area contributed by atoms with E-state index in [0.717, 1.165) is 22.4 Å². The lowest BCUT2D eigenvalue weighted by atomic mass is 9.82. The molecule has 0 spiro atoms. The van der Waals surface area contributed by atoms with E-state index in [4.69, 9.17) is 4.74 Å². The molecule has 0 unspecified atom stereocenters. The number of nitrogens with one attached hydrogen (secondary N) is 1. The average Bonchev–Trinajstić information content (AvgIpc) is 2.57. The van der Waals surface area contributed by atoms with Crippen LogP contribution in [0.2, 0.25) is 0 Å². The van der Waals surface area contributed by atoms with Crippen LogP contribution in [0.1, 0.15) is 62.4 Å². The Morgan fingerprint density at radius 2 is 1.89 bits per heavy atom. The molecule has 1 fully saturated rings. The third kappa shape index (κ3) is 2.81. The van der Waals surface area contributed by atoms with Crippen LogP contribution >= 0.6 is 0 Å². The maximum atomic E-state index is 13.1. The Morgan fingerprint density at radius 3 is 2.54 bits per heavy atom. The van der Waals surface area contributed by atoms with Gasteiger partial charge in [0.2, 0.25) is 0 Å². The van der Waals surface area contributed by atoms with E-state index in [1.165, 1.54) is 5.56 Å². The van der Waals surface area contributed by atoms with Gasteiger partial charge in [-0.1, -0.05) is 26.8 Å². The van der Waals surface area contributed by atoms with Crippen LogP contribution in [0.15, 0.2) is 30.3 Å². The Bertz CT molecular complexity index is 977. The first-order chi connectivity index (χ1) is 13.0. The number of phenolic OH excluding ortho intramolecular Hbond substituents is 1. The van der Waals surface area contributed by atoms with E-state index in [0.29, 0.717) is 12.2 Å². The van der Waals surface area contributed by atoms with Crippen molar-refractivity contribution in [3.05, 3.63) is 52.6 Å². The maximum absolute atomic E-state index is 13.1. The van der Waals surface area contributed by atoms with Gasteiger partial charge >= 0.3 is 6.03 Å². The molecule has 5 heteroatoms. The van der Waals surface area contributed by atoms with Gasteiger partial charge in [0.25, 0.3) is 0 Å². The van der Waals surface area contributed by atoms with Crippen molar-refractivity contribution in [2.24, 2.45) is 0 Å². The highest BCUT2D eigenvalue weighted by molar-refractivity contribution is 5.95. The Balaban J connectivity index is 1.81. The summed E-state index contributed by atoms with van der Waals surface area (Å²) in [5.41, 5.74) is 3.95. The van der Waals surface area contributed by atoms with Crippen LogP contribution < -0.4 is 15.0 Å². The number of hydrogen-bond donors (Lipinski definition) is 2. The SMILES string of the molecule is Cc1ccc(N2C(=O)N[C@@H]3C[C@]2(C)Oc2c(O)cc(C(C)(C)C)cc23)cc1C. The van der Waals surface area contributed by atoms with Gasteiger partial charge in [-0.05, 0) is 67.1 Å². The molecule has 0 radical (unpaired) electrons. The van der Waals surface area contributed by atoms with Crippen molar-refractivity contribution in [2.45, 2.75) is 65.1 Å². The third-order valence-electron chi connectivity index (χ3n) is 5.97. The number of hydrogen-bond acceptors (Lipinski definition) is 3. The van der Waals surface area contributed by atoms with Crippen molar-refractivity contribution in [3.63, 3.8) is 0 Å². The van der Waals surface area contributed by atoms with Crippen molar-refractivity contribution >= 4 is 11.7 Å². The molecule has 2 atom stereocenters. The summed E-state index contributed by atoms with van der Waals surface area (Å²) in [4.78, 5) is 14.7. The summed E-state index contributed by atoms with van der Waals surface area (Å²) >= 11 is 0. The lowest BCUT2D eigenvalue weighted by molar-refractivity contribution is 0.0348. The van der Waals surface area contributed by atoms with Crippen molar-refractivity contribution in [3.8, 4) is 11.5 Å². The first-order valence-corrected chi connectivity index (χ1v) is 9.74. The van der Waals surface area contributed by atoms with Crippen LogP contribution in [0.4, 0.5) is 10.5 Å². The van der Waals surface area contributed by atoms with E-state index in [-0.39, 0.29) is 23.2 Å². The number of rotatable bonds is 1. The van der Waals surface area contributed by atoms with Gasteiger partial charge in [0.05, 0.1) is 6.04 Å². The predicted octanol–water partition coefficient (Wildman–Crippen LogP) is 5.08. The normalized spacial score (nSPS) is 23.7. The molecular weight excluding hydrogens is 352 g/mol. The topological polar surface area (TPSA) is 61.8 Å². The summed E-state index contributed by atoms with van der Waals surface area (Å²) < 4.78 is 6.31. The maximum Gasteiger partial charge on any atom is 0.325 e. The highest BCUT2D eigenvalue weighted by Crippen LogP contribution is 2.50. The monoisotopic (exact) mass is 380 g/mol. The zero-order chi connectivity index (χ0) is 20.4. The van der Waals surface area contributed by atoms with Gasteiger partial charge in [-0.2, -0.15) is 0 Å². The highest BCUT2D eigenvalue weighted by atomic mass is 16.5. The van der Waals surface area contributed by atoms with Crippen LogP contribution in [-0.4, -0.2) is 16.9 Å². The van der Waals surface area contributed by atoms with Gasteiger partial charge in [-0.25, -0.2) is 4.79 Å². The summed E-state index contributed by atoms with van der Waals surface area (Å²) in [6.45, 7) is 12.3. The number of amides is 2. The van der Waals surface area contributed by atoms with E-state index in [9.17, 15) is 9.90 Å². The summed E-state index contributed by atoms with van der Waals surface area (Å²) in [5.74, 6) is 0.579. The fourth-order valence-corrected chi connectivity index (χ4v) is 4.14. The van der Waals surface area contributed by atoms with E-state index < -0.39 is 5.72 Å². The van der Waals surface area contributed by atoms with Crippen molar-refractivity contribution in [2.75, 3.05) is 4.90 Å². The Kier molecular flexibility index (Phi) is 3.93. The molecule has 0 aromatic heterocycles. The number of phenols is 1. The average molecular weight is 380 g/mol. The Labute approximate surface area is 166 Å². The lowest BCUT2D eigenvalue weighted by Gasteiger charge is -2.51. The van der Waals surface area contributed by atoms with Gasteiger partial charge in [-0.15, -0.1) is 0 Å². The van der Waals surface area contributed by atoms with Crippen LogP contribution in [0.5, 0.6) is 11.5 Å². The highest BCUT2D eigenvalue weighted by Gasteiger charge is 2.50. The number of aryl methyl sites for hydroxylation is 2. The second-order valence-corrected chi connectivity index (χ2v) is 9.25. The van der Waals surface area contributed by atoms with Gasteiger partial charge in [0, 0.05) is 17.7 Å². The van der Waals surface area contributed by atoms with E-state index in [1.54, 1.807) is 11.0 Å². The minimum Gasteiger partial charge on any atom is -0.504 e. The predicted molar refractivity (Wildman–Crippen MR) is 110 cm³/mol. The van der Waals surface area contributed by atoms with Crippen LogP contribution in [0.3, 0.4) is 0 Å². The Hall–Kier alpha value is -2.69. The molecule has 2 aliphatic rings. The molecule has 0 saturated carbocycles. The molecule has 4 rings (SSSR count). The molecule has 2 aromatic rings. The summed E-state index contributed by atoms with van der Waals surface area (Å²) in [7, 11) is 0. The number of urea groups is 1. The third-order valence-corrected chi connectivity index (χ3v) is 5.97. The van der Waals surface area contributed by atoms with Gasteiger partial charge in [-0.3, -0.25) is 4.90 Å². The molecule has 148 valence electrons. The molecule has 5 nitrogen and oxygen atoms in total. The van der Waals surface area contributed by atoms with Gasteiger partial charge in [0.1, 0.15) is 0 Å². The number of nitrogens with zero attached hydrogens (tertiary/aromatic N) is 1. The minimum atomic E-state index is -0.873. The quantitative estimate of drug-likeness (QED) is 0.725. The first kappa shape index (κ1) is 18.7. The molecule has 2 aliphatic heterocycles. The molecule has 0 aliphatic carbocycles. The number of ether oxygens (including phenoxy) is 1. The second-order valence-electron chi connectivity index (χ2n) is 9.25. The standard InChI is InChI=1S/C23H28N2O3/c1-13-7-8-16(9-14(13)2)25-21(27)24-18-12-23(25,6)28-20-17(18)10-15(11-19(20)26)22(3,4)5/h7-11,18,26H,12H2,1-6H3,(H,24,27)/t18-,23+/m1/s1. The van der Waals surface area contributed by atoms with Crippen molar-refractivity contribution < 1.29 is 14.6 Å². The molecular formula is C23H28N2O3. The fraction of sp³-hybridized carbons (Fsp3) is 0.435. The Morgan fingerprint density at radius 1 is 1.18 bits per heavy atom. The van der Waals surface area contributed by atoms with E-state index in [1.807, 2.05) is 45.0 Å². The number of carbonyl (C=O) groups is 1. The number of benzene rings is 2. The number of fused-ring (bicyclic) bond motifs is 4. The molecule has 2 bridgehead atoms.